The number of nitrogens with two attached hydrogens (primary N) is 1. The number of nitrogens with zero attached hydrogens (tertiary/aromatic N) is 2. The van der Waals surface area contributed by atoms with Crippen LogP contribution in [0.15, 0.2) is 82.8 Å². The summed E-state index contributed by atoms with van der Waals surface area (Å²) in [6.45, 7) is 0. The number of nitrogens with one attached hydrogen (secondary N) is 1. The van der Waals surface area contributed by atoms with E-state index in [9.17, 15) is 10.1 Å². The standard InChI is InChI=1S/C25H18N4O5/c1-31-16-8-6-15(7-9-16)22-21-20(18(13-26)23(27)34-24(21)29-28-22)14-4-10-17(11-5-14)33-25(30)19-3-2-12-32-19/h2-12,20H,27H2,1H3,(H,28,29)/t20-/m0/s1. The van der Waals surface area contributed by atoms with Gasteiger partial charge in [0.2, 0.25) is 17.5 Å². The van der Waals surface area contributed by atoms with E-state index in [1.807, 2.05) is 24.3 Å². The van der Waals surface area contributed by atoms with Crippen molar-refractivity contribution in [2.75, 3.05) is 7.11 Å². The molecule has 1 aliphatic rings. The lowest BCUT2D eigenvalue weighted by molar-refractivity contribution is 0.0701. The summed E-state index contributed by atoms with van der Waals surface area (Å²) in [6, 6.07) is 19.5. The first-order valence-electron chi connectivity index (χ1n) is 10.2. The number of methoxy groups -OCH3 is 1. The van der Waals surface area contributed by atoms with E-state index in [4.69, 9.17) is 24.4 Å². The average Bonchev–Trinajstić information content (AvgIpc) is 3.54. The van der Waals surface area contributed by atoms with Crippen molar-refractivity contribution in [1.29, 1.82) is 5.26 Å². The summed E-state index contributed by atoms with van der Waals surface area (Å²) in [5.41, 5.74) is 9.26. The molecule has 0 bridgehead atoms. The summed E-state index contributed by atoms with van der Waals surface area (Å²) in [6.07, 6.45) is 1.40. The maximum absolute atomic E-state index is 12.2. The molecule has 3 N–H and O–H groups in total. The smallest absolute Gasteiger partial charge is 0.379 e. The number of rotatable bonds is 5. The predicted octanol–water partition coefficient (Wildman–Crippen LogP) is 4.12. The first-order chi connectivity index (χ1) is 16.6. The lowest BCUT2D eigenvalue weighted by atomic mass is 9.83. The molecular formula is C25H18N4O5. The van der Waals surface area contributed by atoms with Crippen LogP contribution in [0.5, 0.6) is 17.4 Å². The fourth-order valence-corrected chi connectivity index (χ4v) is 3.84. The summed E-state index contributed by atoms with van der Waals surface area (Å²) in [4.78, 5) is 12.2. The molecule has 0 radical (unpaired) electrons. The Kier molecular flexibility index (Phi) is 5.24. The minimum atomic E-state index is -0.607. The van der Waals surface area contributed by atoms with Crippen molar-refractivity contribution >= 4 is 5.97 Å². The topological polar surface area (TPSA) is 136 Å². The molecule has 34 heavy (non-hydrogen) atoms. The van der Waals surface area contributed by atoms with Gasteiger partial charge in [0.05, 0.1) is 30.5 Å². The fourth-order valence-electron chi connectivity index (χ4n) is 3.84. The highest BCUT2D eigenvalue weighted by Crippen LogP contribution is 2.45. The molecule has 0 unspecified atom stereocenters. The van der Waals surface area contributed by atoms with Crippen molar-refractivity contribution in [3.8, 4) is 34.7 Å². The SMILES string of the molecule is COc1ccc(-c2[nH]nc3c2[C@@H](c2ccc(OC(=O)c4ccco4)cc2)C(C#N)=C(N)O3)cc1. The van der Waals surface area contributed by atoms with Crippen LogP contribution in [0.3, 0.4) is 0 Å². The number of furan rings is 1. The molecule has 4 aromatic rings. The summed E-state index contributed by atoms with van der Waals surface area (Å²) < 4.78 is 21.3. The normalized spacial score (nSPS) is 14.6. The number of allylic oxidation sites excluding steroid dienone is 1. The van der Waals surface area contributed by atoms with Crippen LogP contribution in [0.4, 0.5) is 0 Å². The Labute approximate surface area is 194 Å². The zero-order valence-electron chi connectivity index (χ0n) is 17.9. The second-order valence-corrected chi connectivity index (χ2v) is 7.41. The number of carbonyl (C=O) groups excluding carboxylic acids is 1. The van der Waals surface area contributed by atoms with E-state index in [0.717, 1.165) is 11.1 Å². The maximum atomic E-state index is 12.2. The van der Waals surface area contributed by atoms with E-state index < -0.39 is 11.9 Å². The Balaban J connectivity index is 1.52. The van der Waals surface area contributed by atoms with Crippen molar-refractivity contribution in [3.63, 3.8) is 0 Å². The molecule has 5 rings (SSSR count). The van der Waals surface area contributed by atoms with Gasteiger partial charge in [0.1, 0.15) is 23.1 Å². The van der Waals surface area contributed by atoms with Gasteiger partial charge in [-0.25, -0.2) is 4.79 Å². The second kappa shape index (κ2) is 8.52. The van der Waals surface area contributed by atoms with Crippen molar-refractivity contribution in [3.05, 3.63) is 95.3 Å². The van der Waals surface area contributed by atoms with Gasteiger partial charge in [-0.2, -0.15) is 5.26 Å². The molecule has 1 atom stereocenters. The number of aromatic amines is 1. The maximum Gasteiger partial charge on any atom is 0.379 e. The largest absolute Gasteiger partial charge is 0.497 e. The van der Waals surface area contributed by atoms with Crippen LogP contribution in [0.1, 0.15) is 27.6 Å². The Morgan fingerprint density at radius 1 is 1.12 bits per heavy atom. The number of H-pyrrole nitrogens is 1. The van der Waals surface area contributed by atoms with Crippen LogP contribution in [-0.4, -0.2) is 23.3 Å². The van der Waals surface area contributed by atoms with Gasteiger partial charge in [0.25, 0.3) is 0 Å². The quantitative estimate of drug-likeness (QED) is 0.339. The highest BCUT2D eigenvalue weighted by atomic mass is 16.5. The van der Waals surface area contributed by atoms with Gasteiger partial charge in [0.15, 0.2) is 0 Å². The van der Waals surface area contributed by atoms with Crippen molar-refractivity contribution in [2.24, 2.45) is 5.73 Å². The molecule has 168 valence electrons. The van der Waals surface area contributed by atoms with Gasteiger partial charge < -0.3 is 24.4 Å². The third kappa shape index (κ3) is 3.63. The van der Waals surface area contributed by atoms with Gasteiger partial charge >= 0.3 is 5.97 Å². The Morgan fingerprint density at radius 3 is 2.50 bits per heavy atom. The lowest BCUT2D eigenvalue weighted by Crippen LogP contribution is -2.21. The number of aromatic nitrogens is 2. The van der Waals surface area contributed by atoms with Crippen molar-refractivity contribution in [1.82, 2.24) is 10.2 Å². The van der Waals surface area contributed by atoms with Crippen LogP contribution in [0.25, 0.3) is 11.3 Å². The third-order valence-corrected chi connectivity index (χ3v) is 5.46. The molecule has 2 aromatic heterocycles. The molecule has 9 heteroatoms. The van der Waals surface area contributed by atoms with E-state index in [0.29, 0.717) is 28.6 Å². The van der Waals surface area contributed by atoms with E-state index in [-0.39, 0.29) is 17.2 Å². The van der Waals surface area contributed by atoms with Crippen LogP contribution < -0.4 is 19.9 Å². The number of fused-ring (bicyclic) bond motifs is 1. The minimum absolute atomic E-state index is 0.0129. The van der Waals surface area contributed by atoms with E-state index >= 15 is 0 Å². The number of benzene rings is 2. The Bertz CT molecular complexity index is 1410. The molecule has 0 saturated carbocycles. The van der Waals surface area contributed by atoms with Gasteiger partial charge in [-0.15, -0.1) is 5.10 Å². The van der Waals surface area contributed by atoms with Crippen LogP contribution in [-0.2, 0) is 0 Å². The number of hydrogen-bond donors (Lipinski definition) is 2. The van der Waals surface area contributed by atoms with E-state index in [1.165, 1.54) is 12.3 Å². The molecule has 0 spiro atoms. The zero-order valence-corrected chi connectivity index (χ0v) is 17.9. The molecule has 3 heterocycles. The fraction of sp³-hybridized carbons (Fsp3) is 0.0800. The highest BCUT2D eigenvalue weighted by molar-refractivity contribution is 5.88. The molecule has 0 aliphatic carbocycles. The first kappa shape index (κ1) is 20.9. The predicted molar refractivity (Wildman–Crippen MR) is 120 cm³/mol. The van der Waals surface area contributed by atoms with Gasteiger partial charge in [-0.3, -0.25) is 5.10 Å². The summed E-state index contributed by atoms with van der Waals surface area (Å²) in [5, 5.41) is 17.1. The monoisotopic (exact) mass is 454 g/mol. The minimum Gasteiger partial charge on any atom is -0.497 e. The Hall–Kier alpha value is -4.97. The number of ether oxygens (including phenoxy) is 3. The second-order valence-electron chi connectivity index (χ2n) is 7.41. The summed E-state index contributed by atoms with van der Waals surface area (Å²) in [7, 11) is 1.60. The van der Waals surface area contributed by atoms with Crippen molar-refractivity contribution in [2.45, 2.75) is 5.92 Å². The van der Waals surface area contributed by atoms with Gasteiger partial charge in [0, 0.05) is 5.56 Å². The lowest BCUT2D eigenvalue weighted by Gasteiger charge is -2.24. The number of esters is 1. The highest BCUT2D eigenvalue weighted by Gasteiger charge is 2.35. The molecule has 0 saturated heterocycles. The molecule has 0 fully saturated rings. The summed E-state index contributed by atoms with van der Waals surface area (Å²) in [5.74, 6) is 0.274. The van der Waals surface area contributed by atoms with Gasteiger partial charge in [-0.1, -0.05) is 12.1 Å². The zero-order chi connectivity index (χ0) is 23.7. The van der Waals surface area contributed by atoms with Crippen LogP contribution in [0, 0.1) is 11.3 Å². The number of hydrogen-bond acceptors (Lipinski definition) is 8. The Morgan fingerprint density at radius 2 is 1.85 bits per heavy atom. The summed E-state index contributed by atoms with van der Waals surface area (Å²) >= 11 is 0. The van der Waals surface area contributed by atoms with E-state index in [2.05, 4.69) is 16.3 Å². The molecule has 0 amide bonds. The van der Waals surface area contributed by atoms with Crippen LogP contribution in [0.2, 0.25) is 0 Å². The molecule has 2 aromatic carbocycles. The molecular weight excluding hydrogens is 436 g/mol. The van der Waals surface area contributed by atoms with Gasteiger partial charge in [-0.05, 0) is 54.1 Å². The third-order valence-electron chi connectivity index (χ3n) is 5.46. The molecule has 1 aliphatic heterocycles. The van der Waals surface area contributed by atoms with E-state index in [1.54, 1.807) is 37.4 Å². The number of nitriles is 1. The first-order valence-corrected chi connectivity index (χ1v) is 10.2. The average molecular weight is 454 g/mol. The number of carbonyl (C=O) groups is 1. The van der Waals surface area contributed by atoms with Crippen molar-refractivity contribution < 1.29 is 23.4 Å². The van der Waals surface area contributed by atoms with Crippen LogP contribution >= 0.6 is 0 Å². The molecule has 9 nitrogen and oxygen atoms in total.